The van der Waals surface area contributed by atoms with Gasteiger partial charge in [-0.1, -0.05) is 61.5 Å². The topological polar surface area (TPSA) is 76.5 Å². The lowest BCUT2D eigenvalue weighted by Crippen LogP contribution is -2.42. The summed E-state index contributed by atoms with van der Waals surface area (Å²) in [7, 11) is 1.61. The number of para-hydroxylation sites is 1. The van der Waals surface area contributed by atoms with Crippen LogP contribution < -0.4 is 10.9 Å². The number of anilines is 1. The van der Waals surface area contributed by atoms with E-state index in [1.54, 1.807) is 22.6 Å². The summed E-state index contributed by atoms with van der Waals surface area (Å²) in [4.78, 5) is 33.9. The Kier molecular flexibility index (Phi) is 8.13. The lowest BCUT2D eigenvalue weighted by molar-refractivity contribution is 0.130. The number of hydrogen-bond acceptors (Lipinski definition) is 4. The highest BCUT2D eigenvalue weighted by Gasteiger charge is 2.28. The largest absolute Gasteiger partial charge is 0.383 e. The van der Waals surface area contributed by atoms with Crippen molar-refractivity contribution in [1.82, 2.24) is 14.5 Å². The quantitative estimate of drug-likeness (QED) is 0.346. The van der Waals surface area contributed by atoms with Gasteiger partial charge in [0.2, 0.25) is 0 Å². The molecule has 186 valence electrons. The van der Waals surface area contributed by atoms with E-state index in [2.05, 4.69) is 5.32 Å². The molecule has 36 heavy (non-hydrogen) atoms. The molecule has 0 spiro atoms. The first-order valence-electron chi connectivity index (χ1n) is 12.2. The number of aromatic nitrogens is 2. The van der Waals surface area contributed by atoms with Crippen LogP contribution in [0.5, 0.6) is 0 Å². The van der Waals surface area contributed by atoms with E-state index in [0.29, 0.717) is 48.5 Å². The number of ether oxygens (including phenoxy) is 1. The third-order valence-electron chi connectivity index (χ3n) is 6.20. The van der Waals surface area contributed by atoms with E-state index in [0.717, 1.165) is 11.1 Å². The minimum atomic E-state index is -0.439. The van der Waals surface area contributed by atoms with Gasteiger partial charge in [0.25, 0.3) is 5.56 Å². The van der Waals surface area contributed by atoms with Gasteiger partial charge in [-0.25, -0.2) is 9.78 Å². The second-order valence-corrected chi connectivity index (χ2v) is 8.77. The number of carbonyl (C=O) groups is 1. The normalized spacial score (nSPS) is 11.9. The molecule has 7 heteroatoms. The number of aryl methyl sites for hydroxylation is 1. The van der Waals surface area contributed by atoms with Crippen molar-refractivity contribution < 1.29 is 9.53 Å². The molecule has 1 N–H and O–H groups in total. The Morgan fingerprint density at radius 1 is 1.06 bits per heavy atom. The summed E-state index contributed by atoms with van der Waals surface area (Å²) < 4.78 is 7.03. The molecule has 7 nitrogen and oxygen atoms in total. The first-order chi connectivity index (χ1) is 17.5. The Morgan fingerprint density at radius 2 is 1.81 bits per heavy atom. The number of amides is 2. The minimum absolute atomic E-state index is 0.122. The maximum Gasteiger partial charge on any atom is 0.322 e. The van der Waals surface area contributed by atoms with Gasteiger partial charge in [-0.05, 0) is 48.7 Å². The fraction of sp³-hybridized carbons (Fsp3) is 0.276. The molecule has 0 radical (unpaired) electrons. The Balaban J connectivity index is 1.80. The van der Waals surface area contributed by atoms with E-state index >= 15 is 0 Å². The van der Waals surface area contributed by atoms with Gasteiger partial charge in [0.05, 0.1) is 30.1 Å². The number of rotatable bonds is 9. The lowest BCUT2D eigenvalue weighted by atomic mass is 10.1. The first-order valence-corrected chi connectivity index (χ1v) is 12.2. The fourth-order valence-corrected chi connectivity index (χ4v) is 4.41. The summed E-state index contributed by atoms with van der Waals surface area (Å²) >= 11 is 0. The molecular formula is C29H32N4O3. The molecule has 0 saturated carbocycles. The van der Waals surface area contributed by atoms with Gasteiger partial charge in [0.15, 0.2) is 0 Å². The molecule has 0 aliphatic rings. The second-order valence-electron chi connectivity index (χ2n) is 8.77. The summed E-state index contributed by atoms with van der Waals surface area (Å²) in [6.07, 6.45) is 0.574. The molecule has 3 aromatic carbocycles. The molecule has 0 aliphatic carbocycles. The Labute approximate surface area is 211 Å². The van der Waals surface area contributed by atoms with E-state index in [-0.39, 0.29) is 11.6 Å². The molecular weight excluding hydrogens is 452 g/mol. The summed E-state index contributed by atoms with van der Waals surface area (Å²) in [5, 5.41) is 3.57. The SMILES string of the molecule is CCC(c1nc2ccccc2c(=O)n1Cc1ccccc1)N(CCOC)C(=O)Nc1cccc(C)c1. The van der Waals surface area contributed by atoms with Gasteiger partial charge >= 0.3 is 6.03 Å². The second kappa shape index (κ2) is 11.6. The highest BCUT2D eigenvalue weighted by atomic mass is 16.5. The molecule has 1 heterocycles. The number of benzene rings is 3. The van der Waals surface area contributed by atoms with Gasteiger partial charge in [0.1, 0.15) is 5.82 Å². The van der Waals surface area contributed by atoms with Crippen LogP contribution in [0.1, 0.15) is 36.3 Å². The van der Waals surface area contributed by atoms with Gasteiger partial charge in [-0.15, -0.1) is 0 Å². The fourth-order valence-electron chi connectivity index (χ4n) is 4.41. The van der Waals surface area contributed by atoms with E-state index in [4.69, 9.17) is 9.72 Å². The van der Waals surface area contributed by atoms with Gasteiger partial charge in [-0.2, -0.15) is 0 Å². The maximum absolute atomic E-state index is 13.7. The number of hydrogen-bond donors (Lipinski definition) is 1. The van der Waals surface area contributed by atoms with Crippen LogP contribution >= 0.6 is 0 Å². The summed E-state index contributed by atoms with van der Waals surface area (Å²) in [6.45, 7) is 5.04. The van der Waals surface area contributed by atoms with Crippen LogP contribution in [0.15, 0.2) is 83.7 Å². The predicted octanol–water partition coefficient (Wildman–Crippen LogP) is 5.38. The van der Waals surface area contributed by atoms with Crippen molar-refractivity contribution in [3.8, 4) is 0 Å². The zero-order chi connectivity index (χ0) is 25.5. The minimum Gasteiger partial charge on any atom is -0.383 e. The molecule has 0 aliphatic heterocycles. The average Bonchev–Trinajstić information content (AvgIpc) is 2.89. The van der Waals surface area contributed by atoms with Crippen molar-refractivity contribution in [1.29, 1.82) is 0 Å². The van der Waals surface area contributed by atoms with E-state index in [9.17, 15) is 9.59 Å². The molecule has 1 aromatic heterocycles. The highest BCUT2D eigenvalue weighted by molar-refractivity contribution is 5.89. The lowest BCUT2D eigenvalue weighted by Gasteiger charge is -2.32. The van der Waals surface area contributed by atoms with E-state index in [1.807, 2.05) is 86.6 Å². The van der Waals surface area contributed by atoms with E-state index < -0.39 is 6.04 Å². The Hall–Kier alpha value is -3.97. The van der Waals surface area contributed by atoms with Gasteiger partial charge in [0, 0.05) is 19.3 Å². The summed E-state index contributed by atoms with van der Waals surface area (Å²) in [5.41, 5.74) is 3.25. The number of carbonyl (C=O) groups excluding carboxylic acids is 1. The van der Waals surface area contributed by atoms with Gasteiger partial charge in [-0.3, -0.25) is 9.36 Å². The van der Waals surface area contributed by atoms with Crippen LogP contribution in [0.25, 0.3) is 10.9 Å². The Morgan fingerprint density at radius 3 is 2.53 bits per heavy atom. The van der Waals surface area contributed by atoms with Crippen molar-refractivity contribution in [2.24, 2.45) is 0 Å². The number of nitrogens with zero attached hydrogens (tertiary/aromatic N) is 3. The predicted molar refractivity (Wildman–Crippen MR) is 143 cm³/mol. The van der Waals surface area contributed by atoms with E-state index in [1.165, 1.54) is 0 Å². The highest BCUT2D eigenvalue weighted by Crippen LogP contribution is 2.25. The number of methoxy groups -OCH3 is 1. The first kappa shape index (κ1) is 25.1. The van der Waals surface area contributed by atoms with Crippen LogP contribution in [-0.4, -0.2) is 40.7 Å². The van der Waals surface area contributed by atoms with Crippen molar-refractivity contribution >= 4 is 22.6 Å². The molecule has 4 aromatic rings. The van der Waals surface area contributed by atoms with Crippen LogP contribution in [0.3, 0.4) is 0 Å². The molecule has 1 atom stereocenters. The summed E-state index contributed by atoms with van der Waals surface area (Å²) in [5.74, 6) is 0.556. The maximum atomic E-state index is 13.7. The monoisotopic (exact) mass is 484 g/mol. The third kappa shape index (κ3) is 5.63. The smallest absolute Gasteiger partial charge is 0.322 e. The number of nitrogens with one attached hydrogen (secondary N) is 1. The molecule has 0 fully saturated rings. The van der Waals surface area contributed by atoms with Crippen LogP contribution in [0.2, 0.25) is 0 Å². The zero-order valence-corrected chi connectivity index (χ0v) is 21.0. The zero-order valence-electron chi connectivity index (χ0n) is 21.0. The Bertz CT molecular complexity index is 1380. The number of fused-ring (bicyclic) bond motifs is 1. The number of urea groups is 1. The standard InChI is InChI=1S/C29H32N4O3/c1-4-26(32(17-18-36-3)29(35)30-23-14-10-11-21(2)19-23)27-31-25-16-9-8-15-24(25)28(34)33(27)20-22-12-6-5-7-13-22/h5-16,19,26H,4,17-18,20H2,1-3H3,(H,30,35). The molecule has 0 saturated heterocycles. The molecule has 2 amide bonds. The third-order valence-corrected chi connectivity index (χ3v) is 6.20. The van der Waals surface area contributed by atoms with Crippen LogP contribution in [0, 0.1) is 6.92 Å². The van der Waals surface area contributed by atoms with Gasteiger partial charge < -0.3 is 15.0 Å². The summed E-state index contributed by atoms with van der Waals surface area (Å²) in [6, 6.07) is 24.1. The van der Waals surface area contributed by atoms with Crippen molar-refractivity contribution in [3.05, 3.63) is 106 Å². The molecule has 4 rings (SSSR count). The van der Waals surface area contributed by atoms with Crippen molar-refractivity contribution in [2.75, 3.05) is 25.6 Å². The molecule has 0 bridgehead atoms. The average molecular weight is 485 g/mol. The van der Waals surface area contributed by atoms with Crippen LogP contribution in [0.4, 0.5) is 10.5 Å². The van der Waals surface area contributed by atoms with Crippen LogP contribution in [-0.2, 0) is 11.3 Å². The van der Waals surface area contributed by atoms with Crippen molar-refractivity contribution in [3.63, 3.8) is 0 Å². The molecule has 1 unspecified atom stereocenters. The van der Waals surface area contributed by atoms with Crippen molar-refractivity contribution in [2.45, 2.75) is 32.9 Å².